The largest absolute Gasteiger partial charge is 0.468 e. The van der Waals surface area contributed by atoms with Crippen LogP contribution in [0.4, 0.5) is 0 Å². The maximum atomic E-state index is 13.0. The van der Waals surface area contributed by atoms with Gasteiger partial charge in [0.2, 0.25) is 5.91 Å². The minimum Gasteiger partial charge on any atom is -0.468 e. The minimum atomic E-state index is -3.78. The molecule has 7 nitrogen and oxygen atoms in total. The molecule has 2 fully saturated rings. The average molecular weight is 397 g/mol. The molecule has 1 aliphatic heterocycles. The molecule has 1 unspecified atom stereocenters. The number of carbonyl (C=O) groups excluding carboxylic acids is 2. The van der Waals surface area contributed by atoms with E-state index in [0.29, 0.717) is 5.76 Å². The Balaban J connectivity index is 1.77. The SMILES string of the molecule is CC1OCC(=O)[C@H]1NC(=O)[C@@H](CC1CCCCC1)S(=O)(=O)Cc1ccco1. The minimum absolute atomic E-state index is 0.0570. The topological polar surface area (TPSA) is 103 Å². The van der Waals surface area contributed by atoms with Crippen LogP contribution in [0.15, 0.2) is 22.8 Å². The normalized spacial score (nSPS) is 25.4. The number of hydrogen-bond acceptors (Lipinski definition) is 6. The Kier molecular flexibility index (Phi) is 6.37. The molecule has 150 valence electrons. The van der Waals surface area contributed by atoms with Crippen molar-refractivity contribution in [2.24, 2.45) is 5.92 Å². The van der Waals surface area contributed by atoms with Crippen molar-refractivity contribution in [3.8, 4) is 0 Å². The molecule has 27 heavy (non-hydrogen) atoms. The van der Waals surface area contributed by atoms with E-state index in [2.05, 4.69) is 5.32 Å². The van der Waals surface area contributed by atoms with Gasteiger partial charge >= 0.3 is 0 Å². The summed E-state index contributed by atoms with van der Waals surface area (Å²) in [6.07, 6.45) is 6.38. The highest BCUT2D eigenvalue weighted by Crippen LogP contribution is 2.30. The van der Waals surface area contributed by atoms with E-state index >= 15 is 0 Å². The fourth-order valence-electron chi connectivity index (χ4n) is 3.94. The summed E-state index contributed by atoms with van der Waals surface area (Å²) in [4.78, 5) is 24.8. The van der Waals surface area contributed by atoms with Crippen LogP contribution in [-0.2, 0) is 29.9 Å². The Morgan fingerprint density at radius 3 is 2.63 bits per heavy atom. The Morgan fingerprint density at radius 2 is 2.04 bits per heavy atom. The van der Waals surface area contributed by atoms with E-state index < -0.39 is 33.1 Å². The lowest BCUT2D eigenvalue weighted by Crippen LogP contribution is -2.50. The molecule has 0 spiro atoms. The third-order valence-electron chi connectivity index (χ3n) is 5.52. The molecule has 2 aliphatic rings. The number of ether oxygens (including phenoxy) is 1. The molecule has 1 aliphatic carbocycles. The smallest absolute Gasteiger partial charge is 0.239 e. The lowest BCUT2D eigenvalue weighted by molar-refractivity contribution is -0.126. The van der Waals surface area contributed by atoms with Crippen molar-refractivity contribution in [3.63, 3.8) is 0 Å². The van der Waals surface area contributed by atoms with Crippen LogP contribution in [0, 0.1) is 5.92 Å². The van der Waals surface area contributed by atoms with Crippen molar-refractivity contribution < 1.29 is 27.2 Å². The number of carbonyl (C=O) groups is 2. The maximum absolute atomic E-state index is 13.0. The van der Waals surface area contributed by atoms with Gasteiger partial charge in [-0.2, -0.15) is 0 Å². The summed E-state index contributed by atoms with van der Waals surface area (Å²) in [6.45, 7) is 1.64. The van der Waals surface area contributed by atoms with Gasteiger partial charge in [0.25, 0.3) is 0 Å². The summed E-state index contributed by atoms with van der Waals surface area (Å²) in [5.41, 5.74) is 0. The van der Waals surface area contributed by atoms with Crippen LogP contribution in [0.25, 0.3) is 0 Å². The zero-order valence-corrected chi connectivity index (χ0v) is 16.4. The summed E-state index contributed by atoms with van der Waals surface area (Å²) >= 11 is 0. The van der Waals surface area contributed by atoms with E-state index in [-0.39, 0.29) is 30.5 Å². The number of hydrogen-bond donors (Lipinski definition) is 1. The van der Waals surface area contributed by atoms with Crippen LogP contribution in [0.2, 0.25) is 0 Å². The molecule has 0 radical (unpaired) electrons. The van der Waals surface area contributed by atoms with Gasteiger partial charge in [-0.3, -0.25) is 9.59 Å². The van der Waals surface area contributed by atoms with Crippen molar-refractivity contribution in [3.05, 3.63) is 24.2 Å². The second-order valence-electron chi connectivity index (χ2n) is 7.58. The van der Waals surface area contributed by atoms with Gasteiger partial charge in [-0.1, -0.05) is 32.1 Å². The summed E-state index contributed by atoms with van der Waals surface area (Å²) in [5, 5.41) is 1.44. The van der Waals surface area contributed by atoms with E-state index in [0.717, 1.165) is 32.1 Å². The third kappa shape index (κ3) is 4.99. The third-order valence-corrected chi connectivity index (χ3v) is 7.48. The van der Waals surface area contributed by atoms with Gasteiger partial charge in [-0.05, 0) is 31.4 Å². The van der Waals surface area contributed by atoms with E-state index in [1.54, 1.807) is 19.1 Å². The standard InChI is InChI=1S/C19H27NO6S/c1-13-18(16(21)11-26-13)20-19(22)17(10-14-6-3-2-4-7-14)27(23,24)12-15-8-5-9-25-15/h5,8-9,13-14,17-18H,2-4,6-7,10-12H2,1H3,(H,20,22)/t13?,17-,18+/m1/s1. The van der Waals surface area contributed by atoms with Crippen molar-refractivity contribution in [1.29, 1.82) is 0 Å². The number of sulfone groups is 1. The van der Waals surface area contributed by atoms with E-state index in [4.69, 9.17) is 9.15 Å². The van der Waals surface area contributed by atoms with Crippen molar-refractivity contribution in [1.82, 2.24) is 5.32 Å². The summed E-state index contributed by atoms with van der Waals surface area (Å²) in [7, 11) is -3.78. The van der Waals surface area contributed by atoms with Crippen LogP contribution in [0.1, 0.15) is 51.2 Å². The second-order valence-corrected chi connectivity index (χ2v) is 9.77. The molecule has 1 N–H and O–H groups in total. The molecule has 3 atom stereocenters. The average Bonchev–Trinajstić information content (AvgIpc) is 3.25. The Labute approximate surface area is 159 Å². The molecule has 8 heteroatoms. The van der Waals surface area contributed by atoms with Gasteiger partial charge in [-0.25, -0.2) is 8.42 Å². The number of furan rings is 1. The molecule has 0 aromatic carbocycles. The van der Waals surface area contributed by atoms with Gasteiger partial charge in [-0.15, -0.1) is 0 Å². The van der Waals surface area contributed by atoms with Crippen LogP contribution in [-0.4, -0.2) is 44.1 Å². The second kappa shape index (κ2) is 8.56. The zero-order valence-electron chi connectivity index (χ0n) is 15.6. The quantitative estimate of drug-likeness (QED) is 0.755. The highest BCUT2D eigenvalue weighted by atomic mass is 32.2. The van der Waals surface area contributed by atoms with Gasteiger partial charge in [0.1, 0.15) is 29.4 Å². The first-order valence-electron chi connectivity index (χ1n) is 9.55. The first-order chi connectivity index (χ1) is 12.9. The monoisotopic (exact) mass is 397 g/mol. The molecule has 2 heterocycles. The van der Waals surface area contributed by atoms with Gasteiger partial charge in [0.15, 0.2) is 15.6 Å². The molecule has 1 saturated carbocycles. The van der Waals surface area contributed by atoms with Crippen LogP contribution < -0.4 is 5.32 Å². The highest BCUT2D eigenvalue weighted by Gasteiger charge is 2.40. The van der Waals surface area contributed by atoms with Gasteiger partial charge < -0.3 is 14.5 Å². The molecule has 1 saturated heterocycles. The van der Waals surface area contributed by atoms with E-state index in [9.17, 15) is 18.0 Å². The molecule has 1 amide bonds. The van der Waals surface area contributed by atoms with E-state index in [1.807, 2.05) is 0 Å². The molecule has 1 aromatic heterocycles. The predicted octanol–water partition coefficient (Wildman–Crippen LogP) is 2.01. The fraction of sp³-hybridized carbons (Fsp3) is 0.684. The lowest BCUT2D eigenvalue weighted by Gasteiger charge is -2.27. The Morgan fingerprint density at radius 1 is 1.30 bits per heavy atom. The van der Waals surface area contributed by atoms with Gasteiger partial charge in [0, 0.05) is 0 Å². The molecule has 0 bridgehead atoms. The molecule has 3 rings (SSSR count). The van der Waals surface area contributed by atoms with Crippen molar-refractivity contribution in [2.75, 3.05) is 6.61 Å². The number of rotatable bonds is 7. The molecular formula is C19H27NO6S. The first kappa shape index (κ1) is 20.1. The summed E-state index contributed by atoms with van der Waals surface area (Å²) < 4.78 is 36.4. The van der Waals surface area contributed by atoms with Crippen LogP contribution in [0.3, 0.4) is 0 Å². The fourth-order valence-corrected chi connectivity index (χ4v) is 5.66. The number of amides is 1. The predicted molar refractivity (Wildman–Crippen MR) is 98.7 cm³/mol. The molecule has 1 aromatic rings. The first-order valence-corrected chi connectivity index (χ1v) is 11.3. The summed E-state index contributed by atoms with van der Waals surface area (Å²) in [5.74, 6) is -0.646. The van der Waals surface area contributed by atoms with Crippen molar-refractivity contribution >= 4 is 21.5 Å². The summed E-state index contributed by atoms with van der Waals surface area (Å²) in [6, 6.07) is 2.42. The Hall–Kier alpha value is -1.67. The maximum Gasteiger partial charge on any atom is 0.239 e. The van der Waals surface area contributed by atoms with Gasteiger partial charge in [0.05, 0.1) is 12.4 Å². The van der Waals surface area contributed by atoms with Crippen molar-refractivity contribution in [2.45, 2.75) is 68.6 Å². The molecular weight excluding hydrogens is 370 g/mol. The lowest BCUT2D eigenvalue weighted by atomic mass is 9.86. The highest BCUT2D eigenvalue weighted by molar-refractivity contribution is 7.92. The number of nitrogens with one attached hydrogen (secondary N) is 1. The van der Waals surface area contributed by atoms with Crippen LogP contribution in [0.5, 0.6) is 0 Å². The zero-order chi connectivity index (χ0) is 19.4. The van der Waals surface area contributed by atoms with Crippen LogP contribution >= 0.6 is 0 Å². The van der Waals surface area contributed by atoms with E-state index in [1.165, 1.54) is 6.26 Å². The Bertz CT molecular complexity index is 751. The number of Topliss-reactive ketones (excluding diaryl/α,β-unsaturated/α-hetero) is 1. The number of ketones is 1.